The van der Waals surface area contributed by atoms with Crippen molar-refractivity contribution in [1.82, 2.24) is 20.4 Å². The highest BCUT2D eigenvalue weighted by atomic mass is 16.5. The van der Waals surface area contributed by atoms with Gasteiger partial charge in [-0.25, -0.2) is 0 Å². The molecule has 12 heteroatoms. The van der Waals surface area contributed by atoms with Gasteiger partial charge in [0.2, 0.25) is 17.7 Å². The number of phenolic OH excluding ortho intramolecular Hbond substituents is 1. The molecule has 56 heavy (non-hydrogen) atoms. The number of nitrogens with zero attached hydrogens (tertiary/aromatic N) is 2. The monoisotopic (exact) mass is 758 g/mol. The molecule has 0 bridgehead atoms. The number of rotatable bonds is 16. The van der Waals surface area contributed by atoms with Crippen molar-refractivity contribution in [2.75, 3.05) is 40.0 Å². The lowest BCUT2D eigenvalue weighted by atomic mass is 9.88. The zero-order valence-electron chi connectivity index (χ0n) is 31.6. The summed E-state index contributed by atoms with van der Waals surface area (Å²) in [6, 6.07) is 29.5. The van der Waals surface area contributed by atoms with Crippen molar-refractivity contribution < 1.29 is 38.6 Å². The van der Waals surface area contributed by atoms with E-state index < -0.39 is 11.9 Å². The Kier molecular flexibility index (Phi) is 12.9. The quantitative estimate of drug-likeness (QED) is 0.0802. The van der Waals surface area contributed by atoms with Crippen molar-refractivity contribution in [3.05, 3.63) is 130 Å². The van der Waals surface area contributed by atoms with Gasteiger partial charge in [0.25, 0.3) is 11.8 Å². The molecular formula is C44H46N4O8. The molecule has 290 valence electrons. The molecule has 2 aliphatic heterocycles. The van der Waals surface area contributed by atoms with E-state index in [0.717, 1.165) is 28.7 Å². The Hall–Kier alpha value is -6.27. The summed E-state index contributed by atoms with van der Waals surface area (Å²) in [4.78, 5) is 65.8. The van der Waals surface area contributed by atoms with Gasteiger partial charge < -0.3 is 29.7 Å². The Morgan fingerprint density at radius 1 is 0.875 bits per heavy atom. The number of amides is 5. The van der Waals surface area contributed by atoms with Crippen molar-refractivity contribution in [3.63, 3.8) is 0 Å². The lowest BCUT2D eigenvalue weighted by Crippen LogP contribution is -2.52. The van der Waals surface area contributed by atoms with Crippen LogP contribution in [-0.4, -0.2) is 90.4 Å². The zero-order valence-corrected chi connectivity index (χ0v) is 31.6. The lowest BCUT2D eigenvalue weighted by molar-refractivity contribution is -0.137. The van der Waals surface area contributed by atoms with Crippen molar-refractivity contribution in [3.8, 4) is 11.5 Å². The minimum Gasteiger partial charge on any atom is -0.508 e. The molecule has 0 aromatic heterocycles. The molecule has 0 aliphatic carbocycles. The second-order valence-electron chi connectivity index (χ2n) is 13.7. The molecule has 0 spiro atoms. The number of imide groups is 1. The number of allylic oxidation sites excluding steroid dienone is 1. The van der Waals surface area contributed by atoms with Crippen LogP contribution in [0.3, 0.4) is 0 Å². The van der Waals surface area contributed by atoms with Crippen molar-refractivity contribution >= 4 is 40.7 Å². The summed E-state index contributed by atoms with van der Waals surface area (Å²) in [5.41, 5.74) is 6.67. The first-order valence-electron chi connectivity index (χ1n) is 18.8. The molecule has 4 aromatic rings. The highest BCUT2D eigenvalue weighted by Crippen LogP contribution is 2.36. The molecule has 12 nitrogen and oxygen atoms in total. The van der Waals surface area contributed by atoms with Gasteiger partial charge in [-0.3, -0.25) is 29.3 Å². The van der Waals surface area contributed by atoms with Crippen LogP contribution in [0, 0.1) is 0 Å². The molecule has 4 aromatic carbocycles. The number of carbonyl (C=O) groups excluding carboxylic acids is 5. The van der Waals surface area contributed by atoms with Gasteiger partial charge in [0.15, 0.2) is 0 Å². The van der Waals surface area contributed by atoms with E-state index in [1.54, 1.807) is 42.3 Å². The fraction of sp³-hybridized carbons (Fsp3) is 0.295. The minimum absolute atomic E-state index is 0.100. The number of hydrogen-bond acceptors (Lipinski definition) is 8. The van der Waals surface area contributed by atoms with Gasteiger partial charge in [-0.1, -0.05) is 67.6 Å². The Labute approximate surface area is 326 Å². The average Bonchev–Trinajstić information content (AvgIpc) is 3.54. The van der Waals surface area contributed by atoms with E-state index in [0.29, 0.717) is 35.6 Å². The van der Waals surface area contributed by atoms with Crippen molar-refractivity contribution in [1.29, 1.82) is 0 Å². The van der Waals surface area contributed by atoms with Crippen LogP contribution in [0.5, 0.6) is 11.5 Å². The number of hydrogen-bond donors (Lipinski definition) is 3. The molecule has 1 fully saturated rings. The predicted molar refractivity (Wildman–Crippen MR) is 211 cm³/mol. The summed E-state index contributed by atoms with van der Waals surface area (Å²) in [6.07, 6.45) is 1.37. The molecule has 1 saturated heterocycles. The zero-order chi connectivity index (χ0) is 39.6. The molecule has 6 rings (SSSR count). The topological polar surface area (TPSA) is 155 Å². The van der Waals surface area contributed by atoms with E-state index in [-0.39, 0.29) is 74.9 Å². The van der Waals surface area contributed by atoms with Crippen LogP contribution in [0.2, 0.25) is 0 Å². The first-order chi connectivity index (χ1) is 27.1. The lowest BCUT2D eigenvalue weighted by Gasteiger charge is -2.29. The van der Waals surface area contributed by atoms with Crippen LogP contribution in [0.1, 0.15) is 75.6 Å². The molecule has 1 atom stereocenters. The molecular weight excluding hydrogens is 713 g/mol. The highest BCUT2D eigenvalue weighted by Gasteiger charge is 2.40. The van der Waals surface area contributed by atoms with Crippen LogP contribution in [0.25, 0.3) is 11.1 Å². The van der Waals surface area contributed by atoms with Crippen LogP contribution in [0.15, 0.2) is 97.1 Å². The Bertz CT molecular complexity index is 2100. The van der Waals surface area contributed by atoms with Gasteiger partial charge in [-0.15, -0.1) is 0 Å². The number of carbonyl (C=O) groups is 5. The number of nitrogens with one attached hydrogen (secondary N) is 2. The van der Waals surface area contributed by atoms with Gasteiger partial charge >= 0.3 is 0 Å². The summed E-state index contributed by atoms with van der Waals surface area (Å²) in [5.74, 6) is -0.799. The Morgan fingerprint density at radius 2 is 1.59 bits per heavy atom. The number of likely N-dealkylation sites (N-methyl/N-ethyl adjacent to an activating group) is 1. The van der Waals surface area contributed by atoms with E-state index in [4.69, 9.17) is 9.47 Å². The number of ether oxygens (including phenoxy) is 2. The van der Waals surface area contributed by atoms with Crippen LogP contribution < -0.4 is 15.4 Å². The molecule has 2 aliphatic rings. The van der Waals surface area contributed by atoms with E-state index in [1.807, 2.05) is 54.6 Å². The maximum absolute atomic E-state index is 13.1. The summed E-state index contributed by atoms with van der Waals surface area (Å²) in [7, 11) is 1.71. The Balaban J connectivity index is 0.926. The third-order valence-electron chi connectivity index (χ3n) is 10.0. The third-order valence-corrected chi connectivity index (χ3v) is 10.0. The van der Waals surface area contributed by atoms with Gasteiger partial charge in [0.1, 0.15) is 24.1 Å². The summed E-state index contributed by atoms with van der Waals surface area (Å²) < 4.78 is 11.6. The SMILES string of the molecule is CC/C(=C(/c1ccc(O)cc1)c1ccc(OCCN(C)C(=O)CCOCCNC(=O)c2cccc3c2CN([C@@H]2CCC(=O)NC2=O)C3=O)cc1)c1ccccc1. The van der Waals surface area contributed by atoms with Crippen molar-refractivity contribution in [2.24, 2.45) is 0 Å². The molecule has 0 radical (unpaired) electrons. The molecule has 2 heterocycles. The first kappa shape index (κ1) is 39.4. The molecule has 5 amide bonds. The summed E-state index contributed by atoms with van der Waals surface area (Å²) in [6.45, 7) is 3.48. The van der Waals surface area contributed by atoms with E-state index in [9.17, 15) is 29.1 Å². The van der Waals surface area contributed by atoms with E-state index in [1.165, 1.54) is 10.5 Å². The standard InChI is InChI=1S/C44H46N4O8/c1-3-34(29-8-5-4-6-9-29)41(30-12-16-32(49)17-13-30)31-14-18-33(19-15-31)56-27-24-47(2)40(51)22-25-55-26-23-45-42(52)35-10-7-11-36-37(35)28-48(44(36)54)38-20-21-39(50)46-43(38)53/h4-19,38,49H,3,20-28H2,1-2H3,(H,45,52)(H,46,50,53)/b41-34+/t38-/m1/s1. The van der Waals surface area contributed by atoms with Gasteiger partial charge in [0.05, 0.1) is 26.2 Å². The van der Waals surface area contributed by atoms with Gasteiger partial charge in [-0.2, -0.15) is 0 Å². The van der Waals surface area contributed by atoms with Crippen LogP contribution >= 0.6 is 0 Å². The maximum Gasteiger partial charge on any atom is 0.255 e. The number of phenols is 1. The number of piperidine rings is 1. The molecule has 0 unspecified atom stereocenters. The molecule has 3 N–H and O–H groups in total. The second kappa shape index (κ2) is 18.4. The number of aromatic hydroxyl groups is 1. The van der Waals surface area contributed by atoms with Crippen molar-refractivity contribution in [2.45, 2.75) is 45.2 Å². The summed E-state index contributed by atoms with van der Waals surface area (Å²) in [5, 5.41) is 15.0. The predicted octanol–water partition coefficient (Wildman–Crippen LogP) is 5.20. The number of fused-ring (bicyclic) bond motifs is 1. The van der Waals surface area contributed by atoms with Gasteiger partial charge in [-0.05, 0) is 82.6 Å². The normalized spacial score (nSPS) is 15.5. The number of benzene rings is 4. The van der Waals surface area contributed by atoms with E-state index >= 15 is 0 Å². The largest absolute Gasteiger partial charge is 0.508 e. The van der Waals surface area contributed by atoms with Crippen LogP contribution in [0.4, 0.5) is 0 Å². The smallest absolute Gasteiger partial charge is 0.255 e. The Morgan fingerprint density at radius 3 is 2.29 bits per heavy atom. The fourth-order valence-corrected chi connectivity index (χ4v) is 7.03. The average molecular weight is 759 g/mol. The minimum atomic E-state index is -0.765. The van der Waals surface area contributed by atoms with Gasteiger partial charge in [0, 0.05) is 37.7 Å². The third kappa shape index (κ3) is 9.32. The second-order valence-corrected chi connectivity index (χ2v) is 13.7. The van der Waals surface area contributed by atoms with E-state index in [2.05, 4.69) is 29.7 Å². The molecule has 0 saturated carbocycles. The fourth-order valence-electron chi connectivity index (χ4n) is 7.03. The summed E-state index contributed by atoms with van der Waals surface area (Å²) >= 11 is 0. The highest BCUT2D eigenvalue weighted by molar-refractivity contribution is 6.08. The maximum atomic E-state index is 13.1. The van der Waals surface area contributed by atoms with Crippen LogP contribution in [-0.2, 0) is 25.7 Å². The first-order valence-corrected chi connectivity index (χ1v) is 18.8.